The summed E-state index contributed by atoms with van der Waals surface area (Å²) >= 11 is 5.74. The van der Waals surface area contributed by atoms with Gasteiger partial charge < -0.3 is 15.7 Å². The van der Waals surface area contributed by atoms with Gasteiger partial charge in [0.05, 0.1) is 18.0 Å². The first-order valence-corrected chi connectivity index (χ1v) is 8.16. The van der Waals surface area contributed by atoms with Crippen LogP contribution in [0.3, 0.4) is 0 Å². The van der Waals surface area contributed by atoms with Crippen LogP contribution >= 0.6 is 11.6 Å². The predicted octanol–water partition coefficient (Wildman–Crippen LogP) is 1.92. The van der Waals surface area contributed by atoms with E-state index in [0.29, 0.717) is 5.56 Å². The van der Waals surface area contributed by atoms with Gasteiger partial charge in [-0.15, -0.1) is 6.42 Å². The molecule has 1 aromatic heterocycles. The van der Waals surface area contributed by atoms with Crippen LogP contribution < -0.4 is 10.6 Å². The first-order chi connectivity index (χ1) is 12.3. The summed E-state index contributed by atoms with van der Waals surface area (Å²) in [5, 5.41) is 15.2. The maximum absolute atomic E-state index is 12.2. The lowest BCUT2D eigenvalue weighted by atomic mass is 10.0. The zero-order valence-corrected chi connectivity index (χ0v) is 14.9. The highest BCUT2D eigenvalue weighted by atomic mass is 35.5. The lowest BCUT2D eigenvalue weighted by molar-refractivity contribution is -0.120. The van der Waals surface area contributed by atoms with Gasteiger partial charge in [-0.3, -0.25) is 14.6 Å². The molecule has 2 rings (SSSR count). The normalized spacial score (nSPS) is 12.5. The van der Waals surface area contributed by atoms with Gasteiger partial charge in [0, 0.05) is 6.20 Å². The molecule has 0 aliphatic rings. The Hall–Kier alpha value is -3.04. The van der Waals surface area contributed by atoms with E-state index in [1.165, 1.54) is 18.3 Å². The molecule has 7 heteroatoms. The van der Waals surface area contributed by atoms with Crippen LogP contribution in [0.1, 0.15) is 23.0 Å². The van der Waals surface area contributed by atoms with E-state index < -0.39 is 11.4 Å². The Morgan fingerprint density at radius 2 is 2.12 bits per heavy atom. The summed E-state index contributed by atoms with van der Waals surface area (Å²) in [5.74, 6) is 1.66. The van der Waals surface area contributed by atoms with Crippen molar-refractivity contribution in [3.8, 4) is 18.1 Å². The Morgan fingerprint density at radius 3 is 2.73 bits per heavy atom. The molecular formula is C19H18ClN3O3. The number of nitrogens with zero attached hydrogens (tertiary/aromatic N) is 1. The number of carbonyl (C=O) groups excluding carboxylic acids is 2. The Morgan fingerprint density at radius 1 is 1.35 bits per heavy atom. The Balaban J connectivity index is 1.94. The summed E-state index contributed by atoms with van der Waals surface area (Å²) in [6, 6.07) is 9.54. The van der Waals surface area contributed by atoms with Gasteiger partial charge in [-0.05, 0) is 36.8 Å². The van der Waals surface area contributed by atoms with E-state index in [-0.39, 0.29) is 35.3 Å². The van der Waals surface area contributed by atoms with E-state index >= 15 is 0 Å². The third-order valence-electron chi connectivity index (χ3n) is 3.62. The summed E-state index contributed by atoms with van der Waals surface area (Å²) in [6.45, 7) is 1.67. The summed E-state index contributed by atoms with van der Waals surface area (Å²) in [7, 11) is 0. The smallest absolute Gasteiger partial charge is 0.271 e. The lowest BCUT2D eigenvalue weighted by Gasteiger charge is -2.25. The number of hydrogen-bond acceptors (Lipinski definition) is 4. The number of carbonyl (C=O) groups is 2. The van der Waals surface area contributed by atoms with E-state index in [4.69, 9.17) is 18.0 Å². The van der Waals surface area contributed by atoms with Crippen molar-refractivity contribution in [3.05, 3.63) is 58.9 Å². The molecule has 1 atom stereocenters. The fourth-order valence-corrected chi connectivity index (χ4v) is 2.25. The first kappa shape index (κ1) is 19.3. The second-order valence-corrected chi connectivity index (χ2v) is 6.29. The number of aromatic hydroxyl groups is 1. The van der Waals surface area contributed by atoms with Crippen LogP contribution in [0.5, 0.6) is 5.75 Å². The maximum atomic E-state index is 12.2. The van der Waals surface area contributed by atoms with Gasteiger partial charge in [0.25, 0.3) is 5.91 Å². The number of nitrogens with one attached hydrogen (secondary N) is 2. The Kier molecular flexibility index (Phi) is 6.21. The number of phenols is 1. The fourth-order valence-electron chi connectivity index (χ4n) is 2.13. The van der Waals surface area contributed by atoms with Crippen LogP contribution in [0.4, 0.5) is 0 Å². The Labute approximate surface area is 156 Å². The van der Waals surface area contributed by atoms with E-state index in [9.17, 15) is 14.7 Å². The zero-order chi connectivity index (χ0) is 19.2. The minimum Gasteiger partial charge on any atom is -0.506 e. The minimum absolute atomic E-state index is 0.0412. The van der Waals surface area contributed by atoms with Gasteiger partial charge in [-0.1, -0.05) is 29.7 Å². The van der Waals surface area contributed by atoms with Crippen molar-refractivity contribution in [1.82, 2.24) is 15.6 Å². The van der Waals surface area contributed by atoms with E-state index in [1.54, 1.807) is 31.2 Å². The third kappa shape index (κ3) is 5.23. The topological polar surface area (TPSA) is 91.3 Å². The van der Waals surface area contributed by atoms with E-state index in [1.807, 2.05) is 0 Å². The number of terminal acetylenes is 1. The van der Waals surface area contributed by atoms with Crippen molar-refractivity contribution in [2.24, 2.45) is 0 Å². The molecule has 134 valence electrons. The van der Waals surface area contributed by atoms with Crippen molar-refractivity contribution in [1.29, 1.82) is 0 Å². The van der Waals surface area contributed by atoms with Gasteiger partial charge in [0.1, 0.15) is 17.0 Å². The minimum atomic E-state index is -1.08. The molecule has 1 unspecified atom stereocenters. The first-order valence-electron chi connectivity index (χ1n) is 7.78. The molecule has 0 fully saturated rings. The summed E-state index contributed by atoms with van der Waals surface area (Å²) in [5.41, 5.74) is -0.242. The van der Waals surface area contributed by atoms with Gasteiger partial charge in [0.15, 0.2) is 0 Å². The van der Waals surface area contributed by atoms with Crippen molar-refractivity contribution in [3.63, 3.8) is 0 Å². The van der Waals surface area contributed by atoms with Crippen LogP contribution in [0.15, 0.2) is 42.6 Å². The molecule has 3 N–H and O–H groups in total. The number of phenolic OH excluding ortho intramolecular Hbond substituents is 1. The largest absolute Gasteiger partial charge is 0.506 e. The van der Waals surface area contributed by atoms with Crippen molar-refractivity contribution in [2.75, 3.05) is 6.54 Å². The molecule has 2 amide bonds. The van der Waals surface area contributed by atoms with E-state index in [2.05, 4.69) is 21.5 Å². The highest BCUT2D eigenvalue weighted by molar-refractivity contribution is 6.32. The van der Waals surface area contributed by atoms with Crippen molar-refractivity contribution >= 4 is 23.4 Å². The molecule has 0 aliphatic heterocycles. The number of halogens is 1. The van der Waals surface area contributed by atoms with Crippen LogP contribution in [0.25, 0.3) is 0 Å². The standard InChI is InChI=1S/C19H18ClN3O3/c1-3-19(2,23-18(26)15-6-4-5-9-21-15)12-22-17(25)11-13-7-8-14(20)16(24)10-13/h1,4-10,24H,11-12H2,2H3,(H,22,25)(H,23,26). The summed E-state index contributed by atoms with van der Waals surface area (Å²) < 4.78 is 0. The highest BCUT2D eigenvalue weighted by Crippen LogP contribution is 2.23. The zero-order valence-electron chi connectivity index (χ0n) is 14.1. The third-order valence-corrected chi connectivity index (χ3v) is 3.94. The van der Waals surface area contributed by atoms with Crippen molar-refractivity contribution in [2.45, 2.75) is 18.9 Å². The monoisotopic (exact) mass is 371 g/mol. The number of hydrogen-bond donors (Lipinski definition) is 3. The van der Waals surface area contributed by atoms with Crippen LogP contribution in [0, 0.1) is 12.3 Å². The molecule has 0 radical (unpaired) electrons. The summed E-state index contributed by atoms with van der Waals surface area (Å²) in [6.07, 6.45) is 7.07. The van der Waals surface area contributed by atoms with Gasteiger partial charge >= 0.3 is 0 Å². The lowest BCUT2D eigenvalue weighted by Crippen LogP contribution is -2.53. The van der Waals surface area contributed by atoms with Crippen LogP contribution in [0.2, 0.25) is 5.02 Å². The molecule has 2 aromatic rings. The maximum Gasteiger partial charge on any atom is 0.271 e. The average molecular weight is 372 g/mol. The number of pyridine rings is 1. The highest BCUT2D eigenvalue weighted by Gasteiger charge is 2.25. The quantitative estimate of drug-likeness (QED) is 0.676. The molecule has 1 aromatic carbocycles. The molecule has 1 heterocycles. The Bertz CT molecular complexity index is 849. The molecule has 0 bridgehead atoms. The number of aromatic nitrogens is 1. The molecule has 0 saturated heterocycles. The van der Waals surface area contributed by atoms with Crippen LogP contribution in [-0.2, 0) is 11.2 Å². The fraction of sp³-hybridized carbons (Fsp3) is 0.211. The molecule has 26 heavy (non-hydrogen) atoms. The molecule has 0 spiro atoms. The van der Waals surface area contributed by atoms with Gasteiger partial charge in [-0.2, -0.15) is 0 Å². The van der Waals surface area contributed by atoms with Gasteiger partial charge in [0.2, 0.25) is 5.91 Å². The SMILES string of the molecule is C#CC(C)(CNC(=O)Cc1ccc(Cl)c(O)c1)NC(=O)c1ccccn1. The number of benzene rings is 1. The number of rotatable bonds is 6. The summed E-state index contributed by atoms with van der Waals surface area (Å²) in [4.78, 5) is 28.3. The number of amides is 2. The molecule has 0 saturated carbocycles. The van der Waals surface area contributed by atoms with Crippen molar-refractivity contribution < 1.29 is 14.7 Å². The molecular weight excluding hydrogens is 354 g/mol. The molecule has 0 aliphatic carbocycles. The molecule has 6 nitrogen and oxygen atoms in total. The second-order valence-electron chi connectivity index (χ2n) is 5.88. The van der Waals surface area contributed by atoms with E-state index in [0.717, 1.165) is 0 Å². The predicted molar refractivity (Wildman–Crippen MR) is 98.8 cm³/mol. The van der Waals surface area contributed by atoms with Gasteiger partial charge in [-0.25, -0.2) is 0 Å². The van der Waals surface area contributed by atoms with Crippen LogP contribution in [-0.4, -0.2) is 34.0 Å². The average Bonchev–Trinajstić information content (AvgIpc) is 2.64. The second kappa shape index (κ2) is 8.37.